The first-order valence-corrected chi connectivity index (χ1v) is 13.3. The molecule has 5 heteroatoms. The van der Waals surface area contributed by atoms with Crippen molar-refractivity contribution < 1.29 is 4.79 Å². The molecule has 4 nitrogen and oxygen atoms in total. The number of aliphatic imine (C=N–C) groups is 1. The van der Waals surface area contributed by atoms with Crippen molar-refractivity contribution in [1.29, 1.82) is 0 Å². The molecular formula is C31H27N3OS. The van der Waals surface area contributed by atoms with Crippen LogP contribution in [0.4, 0.5) is 0 Å². The van der Waals surface area contributed by atoms with Crippen LogP contribution in [-0.4, -0.2) is 21.8 Å². The Hall–Kier alpha value is -3.70. The predicted octanol–water partition coefficient (Wildman–Crippen LogP) is 7.26. The number of carbonyl (C=O) groups is 1. The molecule has 0 saturated heterocycles. The topological polar surface area (TPSA) is 45.0 Å². The zero-order chi connectivity index (χ0) is 24.5. The van der Waals surface area contributed by atoms with Crippen LogP contribution >= 0.6 is 11.8 Å². The van der Waals surface area contributed by atoms with Crippen LogP contribution in [0.5, 0.6) is 0 Å². The van der Waals surface area contributed by atoms with E-state index in [9.17, 15) is 4.79 Å². The maximum Gasteiger partial charge on any atom is 0.286 e. The van der Waals surface area contributed by atoms with E-state index in [1.165, 1.54) is 34.0 Å². The Morgan fingerprint density at radius 2 is 1.58 bits per heavy atom. The quantitative estimate of drug-likeness (QED) is 0.364. The average Bonchev–Trinajstić information content (AvgIpc) is 3.47. The third kappa shape index (κ3) is 4.47. The number of allylic oxidation sites excluding steroid dienone is 1. The lowest BCUT2D eigenvalue weighted by Gasteiger charge is -2.30. The molecule has 0 radical (unpaired) electrons. The van der Waals surface area contributed by atoms with Gasteiger partial charge in [-0.2, -0.15) is 10.1 Å². The van der Waals surface area contributed by atoms with Gasteiger partial charge in [0.1, 0.15) is 0 Å². The molecule has 3 aromatic carbocycles. The highest BCUT2D eigenvalue weighted by Gasteiger charge is 2.44. The van der Waals surface area contributed by atoms with Crippen LogP contribution in [0.25, 0.3) is 12.2 Å². The molecule has 1 saturated carbocycles. The van der Waals surface area contributed by atoms with Crippen molar-refractivity contribution >= 4 is 40.7 Å². The SMILES string of the molecule is Cc1ccc(/C=C2/SC(N3N=C4/C(=C/c5ccccc5)CCC[C@@H]4[C@H]3c3ccccc3)=NC2=O)cc1. The molecule has 0 aromatic heterocycles. The molecule has 1 amide bonds. The predicted molar refractivity (Wildman–Crippen MR) is 149 cm³/mol. The van der Waals surface area contributed by atoms with E-state index in [4.69, 9.17) is 5.10 Å². The van der Waals surface area contributed by atoms with Crippen molar-refractivity contribution in [2.45, 2.75) is 32.2 Å². The summed E-state index contributed by atoms with van der Waals surface area (Å²) in [5.74, 6) is 0.0668. The molecule has 2 heterocycles. The molecule has 3 aromatic rings. The molecular weight excluding hydrogens is 462 g/mol. The third-order valence-electron chi connectivity index (χ3n) is 6.96. The van der Waals surface area contributed by atoms with Gasteiger partial charge in [-0.1, -0.05) is 90.5 Å². The van der Waals surface area contributed by atoms with Gasteiger partial charge < -0.3 is 0 Å². The van der Waals surface area contributed by atoms with E-state index in [2.05, 4.69) is 78.7 Å². The third-order valence-corrected chi connectivity index (χ3v) is 7.94. The number of aryl methyl sites for hydroxylation is 1. The fourth-order valence-corrected chi connectivity index (χ4v) is 6.10. The van der Waals surface area contributed by atoms with Crippen LogP contribution in [-0.2, 0) is 4.79 Å². The molecule has 6 rings (SSSR count). The smallest absolute Gasteiger partial charge is 0.266 e. The van der Waals surface area contributed by atoms with Gasteiger partial charge in [0, 0.05) is 5.92 Å². The van der Waals surface area contributed by atoms with Crippen molar-refractivity contribution in [3.05, 3.63) is 118 Å². The Morgan fingerprint density at radius 1 is 0.889 bits per heavy atom. The van der Waals surface area contributed by atoms with E-state index in [0.29, 0.717) is 10.1 Å². The molecule has 0 unspecified atom stereocenters. The van der Waals surface area contributed by atoms with E-state index >= 15 is 0 Å². The monoisotopic (exact) mass is 489 g/mol. The number of nitrogens with zero attached hydrogens (tertiary/aromatic N) is 3. The number of fused-ring (bicyclic) bond motifs is 1. The van der Waals surface area contributed by atoms with E-state index in [1.807, 2.05) is 35.4 Å². The highest BCUT2D eigenvalue weighted by Crippen LogP contribution is 2.47. The van der Waals surface area contributed by atoms with Crippen molar-refractivity contribution in [3.8, 4) is 0 Å². The Kier molecular flexibility index (Phi) is 6.16. The lowest BCUT2D eigenvalue weighted by molar-refractivity contribution is -0.113. The number of carbonyl (C=O) groups excluding carboxylic acids is 1. The minimum absolute atomic E-state index is 0.0263. The maximum atomic E-state index is 12.9. The van der Waals surface area contributed by atoms with Gasteiger partial charge in [0.2, 0.25) is 0 Å². The number of hydrazone groups is 1. The minimum Gasteiger partial charge on any atom is -0.266 e. The molecule has 2 aliphatic heterocycles. The summed E-state index contributed by atoms with van der Waals surface area (Å²) >= 11 is 1.43. The molecule has 0 bridgehead atoms. The molecule has 178 valence electrons. The number of hydrogen-bond donors (Lipinski definition) is 0. The number of rotatable bonds is 3. The van der Waals surface area contributed by atoms with Gasteiger partial charge in [0.05, 0.1) is 16.7 Å². The summed E-state index contributed by atoms with van der Waals surface area (Å²) in [6, 6.07) is 29.2. The summed E-state index contributed by atoms with van der Waals surface area (Å²) in [4.78, 5) is 18.0. The molecule has 36 heavy (non-hydrogen) atoms. The second kappa shape index (κ2) is 9.75. The first-order valence-electron chi connectivity index (χ1n) is 12.4. The van der Waals surface area contributed by atoms with Crippen molar-refractivity contribution in [3.63, 3.8) is 0 Å². The maximum absolute atomic E-state index is 12.9. The average molecular weight is 490 g/mol. The van der Waals surface area contributed by atoms with Gasteiger partial charge in [-0.25, -0.2) is 5.01 Å². The zero-order valence-corrected chi connectivity index (χ0v) is 21.0. The Morgan fingerprint density at radius 3 is 2.33 bits per heavy atom. The second-order valence-corrected chi connectivity index (χ2v) is 10.5. The van der Waals surface area contributed by atoms with Crippen LogP contribution in [0.15, 0.2) is 106 Å². The summed E-state index contributed by atoms with van der Waals surface area (Å²) in [6.07, 6.45) is 7.40. The van der Waals surface area contributed by atoms with E-state index in [0.717, 1.165) is 30.5 Å². The number of amides is 1. The molecule has 1 aliphatic carbocycles. The van der Waals surface area contributed by atoms with Crippen molar-refractivity contribution in [2.75, 3.05) is 0 Å². The summed E-state index contributed by atoms with van der Waals surface area (Å²) in [5, 5.41) is 7.84. The van der Waals surface area contributed by atoms with E-state index < -0.39 is 0 Å². The summed E-state index contributed by atoms with van der Waals surface area (Å²) in [6.45, 7) is 2.06. The number of thioether (sulfide) groups is 1. The molecule has 3 aliphatic rings. The minimum atomic E-state index is -0.197. The fourth-order valence-electron chi connectivity index (χ4n) is 5.20. The molecule has 1 fully saturated rings. The largest absolute Gasteiger partial charge is 0.286 e. The van der Waals surface area contributed by atoms with Gasteiger partial charge in [-0.15, -0.1) is 0 Å². The second-order valence-electron chi connectivity index (χ2n) is 9.49. The summed E-state index contributed by atoms with van der Waals surface area (Å²) in [5.41, 5.74) is 7.00. The number of benzene rings is 3. The standard InChI is InChI=1S/C31H27N3OS/c1-21-15-17-23(18-16-21)20-27-30(35)32-31(36-27)34-29(24-11-6-3-7-12-24)26-14-8-13-25(28(26)33-34)19-22-9-4-2-5-10-22/h2-7,9-12,15-20,26,29H,8,13-14H2,1H3/b25-19+,27-20+/t26-,29+/m0/s1. The number of hydrogen-bond acceptors (Lipinski definition) is 4. The van der Waals surface area contributed by atoms with Crippen molar-refractivity contribution in [2.24, 2.45) is 16.0 Å². The lowest BCUT2D eigenvalue weighted by atomic mass is 9.77. The highest BCUT2D eigenvalue weighted by atomic mass is 32.2. The highest BCUT2D eigenvalue weighted by molar-refractivity contribution is 8.18. The van der Waals surface area contributed by atoms with Gasteiger partial charge in [-0.05, 0) is 72.4 Å². The summed E-state index contributed by atoms with van der Waals surface area (Å²) < 4.78 is 0. The van der Waals surface area contributed by atoms with Crippen molar-refractivity contribution in [1.82, 2.24) is 5.01 Å². The van der Waals surface area contributed by atoms with Crippen LogP contribution in [0, 0.1) is 12.8 Å². The van der Waals surface area contributed by atoms with E-state index in [1.54, 1.807) is 0 Å². The fraction of sp³-hybridized carbons (Fsp3) is 0.194. The first kappa shape index (κ1) is 22.7. The van der Waals surface area contributed by atoms with Crippen LogP contribution in [0.2, 0.25) is 0 Å². The van der Waals surface area contributed by atoms with Crippen LogP contribution < -0.4 is 0 Å². The Labute approximate surface area is 216 Å². The van der Waals surface area contributed by atoms with Crippen LogP contribution in [0.1, 0.15) is 47.6 Å². The molecule has 0 N–H and O–H groups in total. The number of amidine groups is 1. The molecule has 2 atom stereocenters. The van der Waals surface area contributed by atoms with Gasteiger partial charge >= 0.3 is 0 Å². The van der Waals surface area contributed by atoms with Gasteiger partial charge in [0.25, 0.3) is 5.91 Å². The Balaban J connectivity index is 1.37. The molecule has 0 spiro atoms. The Bertz CT molecular complexity index is 1410. The lowest BCUT2D eigenvalue weighted by Crippen LogP contribution is -2.30. The summed E-state index contributed by atoms with van der Waals surface area (Å²) in [7, 11) is 0. The first-order chi connectivity index (χ1) is 17.7. The van der Waals surface area contributed by atoms with Gasteiger partial charge in [-0.3, -0.25) is 4.79 Å². The van der Waals surface area contributed by atoms with Crippen LogP contribution in [0.3, 0.4) is 0 Å². The van der Waals surface area contributed by atoms with E-state index in [-0.39, 0.29) is 17.9 Å². The van der Waals surface area contributed by atoms with Gasteiger partial charge in [0.15, 0.2) is 5.17 Å². The zero-order valence-electron chi connectivity index (χ0n) is 20.2. The normalized spacial score (nSPS) is 23.7.